The number of likely N-dealkylation sites (tertiary alicyclic amines) is 1. The van der Waals surface area contributed by atoms with Crippen molar-refractivity contribution < 1.29 is 4.74 Å². The maximum absolute atomic E-state index is 6.07. The first-order valence-electron chi connectivity index (χ1n) is 6.56. The molecule has 0 saturated carbocycles. The van der Waals surface area contributed by atoms with Crippen LogP contribution in [-0.2, 0) is 6.54 Å². The summed E-state index contributed by atoms with van der Waals surface area (Å²) in [7, 11) is 1.71. The van der Waals surface area contributed by atoms with Crippen molar-refractivity contribution in [2.75, 3.05) is 13.7 Å². The second-order valence-electron chi connectivity index (χ2n) is 5.96. The summed E-state index contributed by atoms with van der Waals surface area (Å²) in [5, 5.41) is 0. The molecule has 1 aliphatic rings. The monoisotopic (exact) mass is 248 g/mol. The fraction of sp³-hybridized carbons (Fsp3) is 0.600. The van der Waals surface area contributed by atoms with Crippen molar-refractivity contribution in [3.8, 4) is 5.75 Å². The SMILES string of the molecule is COc1ccc(CN2CC(N)CC2(C)C)cc1C. The van der Waals surface area contributed by atoms with Gasteiger partial charge in [0.05, 0.1) is 7.11 Å². The summed E-state index contributed by atoms with van der Waals surface area (Å²) in [5.41, 5.74) is 8.79. The van der Waals surface area contributed by atoms with E-state index in [2.05, 4.69) is 37.8 Å². The third-order valence-corrected chi connectivity index (χ3v) is 3.91. The number of ether oxygens (including phenoxy) is 1. The highest BCUT2D eigenvalue weighted by atomic mass is 16.5. The van der Waals surface area contributed by atoms with Gasteiger partial charge in [0.1, 0.15) is 5.75 Å². The molecule has 1 aromatic carbocycles. The molecule has 0 radical (unpaired) electrons. The molecule has 18 heavy (non-hydrogen) atoms. The van der Waals surface area contributed by atoms with E-state index in [4.69, 9.17) is 10.5 Å². The highest BCUT2D eigenvalue weighted by Gasteiger charge is 2.36. The lowest BCUT2D eigenvalue weighted by Gasteiger charge is -2.31. The standard InChI is InChI=1S/C15H24N2O/c1-11-7-12(5-6-14(11)18-4)9-17-10-13(16)8-15(17,2)3/h5-7,13H,8-10,16H2,1-4H3. The molecule has 1 atom stereocenters. The van der Waals surface area contributed by atoms with Crippen LogP contribution in [0.4, 0.5) is 0 Å². The van der Waals surface area contributed by atoms with Gasteiger partial charge in [-0.3, -0.25) is 4.90 Å². The molecule has 0 spiro atoms. The molecule has 2 rings (SSSR count). The molecule has 1 fully saturated rings. The first-order valence-corrected chi connectivity index (χ1v) is 6.56. The van der Waals surface area contributed by atoms with Gasteiger partial charge in [-0.05, 0) is 44.4 Å². The minimum atomic E-state index is 0.202. The van der Waals surface area contributed by atoms with E-state index in [1.807, 2.05) is 6.07 Å². The maximum atomic E-state index is 6.07. The molecule has 0 aliphatic carbocycles. The third-order valence-electron chi connectivity index (χ3n) is 3.91. The second-order valence-corrected chi connectivity index (χ2v) is 5.96. The minimum absolute atomic E-state index is 0.202. The molecular formula is C15H24N2O. The van der Waals surface area contributed by atoms with Crippen LogP contribution in [0.3, 0.4) is 0 Å². The fourth-order valence-electron chi connectivity index (χ4n) is 2.90. The maximum Gasteiger partial charge on any atom is 0.121 e. The molecule has 3 nitrogen and oxygen atoms in total. The van der Waals surface area contributed by atoms with Gasteiger partial charge in [0, 0.05) is 24.7 Å². The zero-order valence-electron chi connectivity index (χ0n) is 11.9. The number of methoxy groups -OCH3 is 1. The smallest absolute Gasteiger partial charge is 0.121 e. The Hall–Kier alpha value is -1.06. The highest BCUT2D eigenvalue weighted by Crippen LogP contribution is 2.30. The number of aryl methyl sites for hydroxylation is 1. The van der Waals surface area contributed by atoms with Crippen LogP contribution in [0.15, 0.2) is 18.2 Å². The van der Waals surface area contributed by atoms with Gasteiger partial charge in [0.15, 0.2) is 0 Å². The van der Waals surface area contributed by atoms with E-state index in [-0.39, 0.29) is 5.54 Å². The zero-order valence-corrected chi connectivity index (χ0v) is 11.9. The van der Waals surface area contributed by atoms with Crippen LogP contribution >= 0.6 is 0 Å². The predicted octanol–water partition coefficient (Wildman–Crippen LogP) is 2.32. The minimum Gasteiger partial charge on any atom is -0.496 e. The van der Waals surface area contributed by atoms with Crippen molar-refractivity contribution in [2.24, 2.45) is 5.73 Å². The first kappa shape index (κ1) is 13.4. The largest absolute Gasteiger partial charge is 0.496 e. The molecule has 100 valence electrons. The molecule has 1 aromatic rings. The molecule has 1 heterocycles. The van der Waals surface area contributed by atoms with Gasteiger partial charge in [-0.1, -0.05) is 12.1 Å². The van der Waals surface area contributed by atoms with E-state index in [0.29, 0.717) is 6.04 Å². The Morgan fingerprint density at radius 3 is 2.67 bits per heavy atom. The van der Waals surface area contributed by atoms with Gasteiger partial charge >= 0.3 is 0 Å². The molecule has 2 N–H and O–H groups in total. The number of nitrogens with zero attached hydrogens (tertiary/aromatic N) is 1. The zero-order chi connectivity index (χ0) is 13.3. The van der Waals surface area contributed by atoms with Crippen LogP contribution in [0.2, 0.25) is 0 Å². The molecular weight excluding hydrogens is 224 g/mol. The van der Waals surface area contributed by atoms with Crippen LogP contribution < -0.4 is 10.5 Å². The summed E-state index contributed by atoms with van der Waals surface area (Å²) >= 11 is 0. The van der Waals surface area contributed by atoms with Gasteiger partial charge in [0.25, 0.3) is 0 Å². The second kappa shape index (κ2) is 4.90. The Morgan fingerprint density at radius 1 is 1.44 bits per heavy atom. The van der Waals surface area contributed by atoms with Crippen LogP contribution in [0, 0.1) is 6.92 Å². The van der Waals surface area contributed by atoms with Gasteiger partial charge in [0.2, 0.25) is 0 Å². The average molecular weight is 248 g/mol. The molecule has 1 saturated heterocycles. The Kier molecular flexibility index (Phi) is 3.64. The van der Waals surface area contributed by atoms with Crippen molar-refractivity contribution in [3.05, 3.63) is 29.3 Å². The number of hydrogen-bond donors (Lipinski definition) is 1. The molecule has 0 bridgehead atoms. The number of benzene rings is 1. The van der Waals surface area contributed by atoms with Crippen LogP contribution in [0.1, 0.15) is 31.4 Å². The fourth-order valence-corrected chi connectivity index (χ4v) is 2.90. The lowest BCUT2D eigenvalue weighted by molar-refractivity contribution is 0.166. The summed E-state index contributed by atoms with van der Waals surface area (Å²) in [5.74, 6) is 0.955. The Bertz CT molecular complexity index is 429. The quantitative estimate of drug-likeness (QED) is 0.892. The first-order chi connectivity index (χ1) is 8.42. The van der Waals surface area contributed by atoms with Crippen LogP contribution in [0.25, 0.3) is 0 Å². The number of hydrogen-bond acceptors (Lipinski definition) is 3. The molecule has 0 aromatic heterocycles. The van der Waals surface area contributed by atoms with Crippen molar-refractivity contribution in [2.45, 2.75) is 45.3 Å². The lowest BCUT2D eigenvalue weighted by atomic mass is 10.00. The molecule has 0 amide bonds. The number of rotatable bonds is 3. The summed E-state index contributed by atoms with van der Waals surface area (Å²) in [4.78, 5) is 2.47. The molecule has 1 aliphatic heterocycles. The van der Waals surface area contributed by atoms with E-state index in [0.717, 1.165) is 25.3 Å². The Labute approximate surface area is 110 Å². The predicted molar refractivity (Wildman–Crippen MR) is 74.8 cm³/mol. The topological polar surface area (TPSA) is 38.5 Å². The molecule has 1 unspecified atom stereocenters. The summed E-state index contributed by atoms with van der Waals surface area (Å²) in [6.07, 6.45) is 1.07. The van der Waals surface area contributed by atoms with E-state index in [1.54, 1.807) is 7.11 Å². The van der Waals surface area contributed by atoms with E-state index >= 15 is 0 Å². The van der Waals surface area contributed by atoms with Crippen molar-refractivity contribution in [1.29, 1.82) is 0 Å². The van der Waals surface area contributed by atoms with E-state index < -0.39 is 0 Å². The van der Waals surface area contributed by atoms with Crippen molar-refractivity contribution >= 4 is 0 Å². The third kappa shape index (κ3) is 2.68. The van der Waals surface area contributed by atoms with Crippen LogP contribution in [-0.4, -0.2) is 30.1 Å². The van der Waals surface area contributed by atoms with Gasteiger partial charge < -0.3 is 10.5 Å². The normalized spacial score (nSPS) is 23.3. The van der Waals surface area contributed by atoms with Gasteiger partial charge in [-0.15, -0.1) is 0 Å². The summed E-state index contributed by atoms with van der Waals surface area (Å²) in [6, 6.07) is 6.71. The summed E-state index contributed by atoms with van der Waals surface area (Å²) < 4.78 is 5.29. The lowest BCUT2D eigenvalue weighted by Crippen LogP contribution is -2.37. The highest BCUT2D eigenvalue weighted by molar-refractivity contribution is 5.36. The summed E-state index contributed by atoms with van der Waals surface area (Å²) in [6.45, 7) is 8.58. The molecule has 3 heteroatoms. The average Bonchev–Trinajstić information content (AvgIpc) is 2.52. The van der Waals surface area contributed by atoms with Gasteiger partial charge in [-0.25, -0.2) is 0 Å². The van der Waals surface area contributed by atoms with Crippen LogP contribution in [0.5, 0.6) is 5.75 Å². The Balaban J connectivity index is 2.12. The van der Waals surface area contributed by atoms with E-state index in [9.17, 15) is 0 Å². The van der Waals surface area contributed by atoms with Crippen molar-refractivity contribution in [3.63, 3.8) is 0 Å². The number of nitrogens with two attached hydrogens (primary N) is 1. The Morgan fingerprint density at radius 2 is 2.17 bits per heavy atom. The van der Waals surface area contributed by atoms with Crippen molar-refractivity contribution in [1.82, 2.24) is 4.90 Å². The van der Waals surface area contributed by atoms with Gasteiger partial charge in [-0.2, -0.15) is 0 Å². The van der Waals surface area contributed by atoms with E-state index in [1.165, 1.54) is 11.1 Å².